The first kappa shape index (κ1) is 20.2. The number of fused-ring (bicyclic) bond motifs is 1. The van der Waals surface area contributed by atoms with Gasteiger partial charge in [-0.1, -0.05) is 12.1 Å². The number of nitrogens with one attached hydrogen (secondary N) is 1. The van der Waals surface area contributed by atoms with Crippen molar-refractivity contribution in [2.75, 3.05) is 13.2 Å². The van der Waals surface area contributed by atoms with Crippen LogP contribution in [-0.2, 0) is 22.4 Å². The number of benzene rings is 2. The molecule has 8 nitrogen and oxygen atoms in total. The van der Waals surface area contributed by atoms with Gasteiger partial charge in [0.25, 0.3) is 11.6 Å². The molecular formula is C21H20N2O6. The minimum Gasteiger partial charge on any atom is -0.457 e. The average Bonchev–Trinajstić information content (AvgIpc) is 3.19. The van der Waals surface area contributed by atoms with E-state index in [4.69, 9.17) is 4.74 Å². The Morgan fingerprint density at radius 1 is 1.00 bits per heavy atom. The number of esters is 1. The molecule has 1 N–H and O–H groups in total. The molecule has 1 aliphatic carbocycles. The number of nitrogens with zero attached hydrogens (tertiary/aromatic N) is 1. The Kier molecular flexibility index (Phi) is 6.33. The molecule has 0 atom stereocenters. The summed E-state index contributed by atoms with van der Waals surface area (Å²) in [5.41, 5.74) is 3.11. The molecule has 0 saturated carbocycles. The topological polar surface area (TPSA) is 116 Å². The van der Waals surface area contributed by atoms with Gasteiger partial charge >= 0.3 is 5.97 Å². The van der Waals surface area contributed by atoms with Crippen molar-refractivity contribution in [3.8, 4) is 0 Å². The maximum absolute atomic E-state index is 12.2. The summed E-state index contributed by atoms with van der Waals surface area (Å²) in [7, 11) is 0. The molecule has 0 bridgehead atoms. The summed E-state index contributed by atoms with van der Waals surface area (Å²) in [6.45, 7) is -0.310. The molecule has 0 unspecified atom stereocenters. The molecule has 29 heavy (non-hydrogen) atoms. The summed E-state index contributed by atoms with van der Waals surface area (Å²) in [6, 6.07) is 10.7. The molecule has 1 amide bonds. The van der Waals surface area contributed by atoms with Gasteiger partial charge in [0.1, 0.15) is 0 Å². The first-order valence-corrected chi connectivity index (χ1v) is 9.27. The number of hydrogen-bond donors (Lipinski definition) is 1. The summed E-state index contributed by atoms with van der Waals surface area (Å²) < 4.78 is 4.99. The maximum atomic E-state index is 12.2. The minimum atomic E-state index is -0.594. The van der Waals surface area contributed by atoms with E-state index < -0.39 is 16.8 Å². The predicted octanol–water partition coefficient (Wildman–Crippen LogP) is 2.63. The van der Waals surface area contributed by atoms with E-state index in [1.54, 1.807) is 6.07 Å². The molecule has 3 rings (SSSR count). The zero-order chi connectivity index (χ0) is 20.8. The van der Waals surface area contributed by atoms with Crippen molar-refractivity contribution in [1.29, 1.82) is 0 Å². The van der Waals surface area contributed by atoms with Crippen LogP contribution in [0.25, 0.3) is 0 Å². The number of non-ortho nitro benzene ring substituents is 1. The molecule has 0 radical (unpaired) electrons. The van der Waals surface area contributed by atoms with Gasteiger partial charge in [-0.15, -0.1) is 0 Å². The fraction of sp³-hybridized carbons (Fsp3) is 0.286. The van der Waals surface area contributed by atoms with Gasteiger partial charge in [-0.25, -0.2) is 0 Å². The Balaban J connectivity index is 1.40. The number of rotatable bonds is 8. The van der Waals surface area contributed by atoms with Crippen LogP contribution in [0.3, 0.4) is 0 Å². The number of nitro benzene ring substituents is 1. The third kappa shape index (κ3) is 5.25. The van der Waals surface area contributed by atoms with Gasteiger partial charge in [0.15, 0.2) is 12.4 Å². The van der Waals surface area contributed by atoms with Crippen LogP contribution in [-0.4, -0.2) is 35.7 Å². The molecule has 0 aromatic heterocycles. The second-order valence-corrected chi connectivity index (χ2v) is 6.73. The summed E-state index contributed by atoms with van der Waals surface area (Å²) in [6.07, 6.45) is 3.00. The number of carbonyl (C=O) groups is 3. The molecule has 1 aliphatic rings. The quantitative estimate of drug-likeness (QED) is 0.317. The number of carbonyl (C=O) groups excluding carboxylic acids is 3. The zero-order valence-electron chi connectivity index (χ0n) is 15.7. The van der Waals surface area contributed by atoms with Gasteiger partial charge in [-0.2, -0.15) is 0 Å². The van der Waals surface area contributed by atoms with Crippen LogP contribution in [0.5, 0.6) is 0 Å². The molecule has 0 fully saturated rings. The van der Waals surface area contributed by atoms with E-state index in [9.17, 15) is 24.5 Å². The molecule has 2 aromatic rings. The van der Waals surface area contributed by atoms with E-state index in [1.807, 2.05) is 12.1 Å². The fourth-order valence-electron chi connectivity index (χ4n) is 3.16. The molecule has 0 saturated heterocycles. The zero-order valence-corrected chi connectivity index (χ0v) is 15.7. The van der Waals surface area contributed by atoms with Crippen molar-refractivity contribution in [1.82, 2.24) is 5.32 Å². The first-order valence-electron chi connectivity index (χ1n) is 9.27. The lowest BCUT2D eigenvalue weighted by atomic mass is 10.0. The van der Waals surface area contributed by atoms with Crippen LogP contribution in [0, 0.1) is 10.1 Å². The molecule has 0 spiro atoms. The molecule has 0 heterocycles. The number of aryl methyl sites for hydroxylation is 2. The Hall–Kier alpha value is -3.55. The Bertz CT molecular complexity index is 952. The maximum Gasteiger partial charge on any atom is 0.308 e. The van der Waals surface area contributed by atoms with Crippen LogP contribution in [0.1, 0.15) is 44.7 Å². The minimum absolute atomic E-state index is 0.0295. The lowest BCUT2D eigenvalue weighted by molar-refractivity contribution is -0.384. The smallest absolute Gasteiger partial charge is 0.308 e. The van der Waals surface area contributed by atoms with Gasteiger partial charge < -0.3 is 10.1 Å². The second-order valence-electron chi connectivity index (χ2n) is 6.73. The molecule has 8 heteroatoms. The summed E-state index contributed by atoms with van der Waals surface area (Å²) >= 11 is 0. The third-order valence-electron chi connectivity index (χ3n) is 4.74. The van der Waals surface area contributed by atoms with Gasteiger partial charge in [-0.3, -0.25) is 24.5 Å². The highest BCUT2D eigenvalue weighted by Crippen LogP contribution is 2.23. The monoisotopic (exact) mass is 396 g/mol. The Morgan fingerprint density at radius 3 is 2.41 bits per heavy atom. The van der Waals surface area contributed by atoms with Crippen molar-refractivity contribution in [3.05, 3.63) is 74.8 Å². The normalized spacial score (nSPS) is 12.1. The fourth-order valence-corrected chi connectivity index (χ4v) is 3.16. The molecule has 150 valence electrons. The SMILES string of the molecule is O=C(CCNC(=O)c1ccc([N+](=O)[O-])cc1)OCC(=O)c1ccc2c(c1)CCC2. The van der Waals surface area contributed by atoms with E-state index in [-0.39, 0.29) is 36.6 Å². The van der Waals surface area contributed by atoms with E-state index >= 15 is 0 Å². The lowest BCUT2D eigenvalue weighted by Crippen LogP contribution is -2.27. The second kappa shape index (κ2) is 9.09. The molecular weight excluding hydrogens is 376 g/mol. The van der Waals surface area contributed by atoms with E-state index in [0.29, 0.717) is 5.56 Å². The van der Waals surface area contributed by atoms with Gasteiger partial charge in [0.2, 0.25) is 0 Å². The third-order valence-corrected chi connectivity index (χ3v) is 4.74. The largest absolute Gasteiger partial charge is 0.457 e. The van der Waals surface area contributed by atoms with Crippen molar-refractivity contribution in [2.45, 2.75) is 25.7 Å². The Labute approximate surface area is 167 Å². The van der Waals surface area contributed by atoms with Crippen molar-refractivity contribution in [2.24, 2.45) is 0 Å². The van der Waals surface area contributed by atoms with Crippen LogP contribution in [0.4, 0.5) is 5.69 Å². The Morgan fingerprint density at radius 2 is 1.69 bits per heavy atom. The highest BCUT2D eigenvalue weighted by Gasteiger charge is 2.15. The molecule has 0 aliphatic heterocycles. The number of ketones is 1. The van der Waals surface area contributed by atoms with Crippen LogP contribution < -0.4 is 5.32 Å². The van der Waals surface area contributed by atoms with Crippen LogP contribution in [0.2, 0.25) is 0 Å². The van der Waals surface area contributed by atoms with E-state index in [2.05, 4.69) is 5.32 Å². The van der Waals surface area contributed by atoms with Crippen LogP contribution >= 0.6 is 0 Å². The number of amides is 1. The van der Waals surface area contributed by atoms with E-state index in [1.165, 1.54) is 35.4 Å². The van der Waals surface area contributed by atoms with Gasteiger partial charge in [-0.05, 0) is 48.6 Å². The summed E-state index contributed by atoms with van der Waals surface area (Å²) in [5, 5.41) is 13.1. The summed E-state index contributed by atoms with van der Waals surface area (Å²) in [4.78, 5) is 46.0. The molecule has 2 aromatic carbocycles. The number of Topliss-reactive ketones (excluding diaryl/α,β-unsaturated/α-hetero) is 1. The number of ether oxygens (including phenoxy) is 1. The number of nitro groups is 1. The van der Waals surface area contributed by atoms with Crippen LogP contribution in [0.15, 0.2) is 42.5 Å². The average molecular weight is 396 g/mol. The lowest BCUT2D eigenvalue weighted by Gasteiger charge is -2.07. The predicted molar refractivity (Wildman–Crippen MR) is 104 cm³/mol. The van der Waals surface area contributed by atoms with Gasteiger partial charge in [0, 0.05) is 29.8 Å². The standard InChI is InChI=1S/C21H20N2O6/c24-19(17-5-4-14-2-1-3-16(14)12-17)13-29-20(25)10-11-22-21(26)15-6-8-18(9-7-15)23(27)28/h4-9,12H,1-3,10-11,13H2,(H,22,26). The van der Waals surface area contributed by atoms with Crippen molar-refractivity contribution < 1.29 is 24.0 Å². The summed E-state index contributed by atoms with van der Waals surface area (Å²) in [5.74, 6) is -1.31. The van der Waals surface area contributed by atoms with Crippen molar-refractivity contribution in [3.63, 3.8) is 0 Å². The number of hydrogen-bond acceptors (Lipinski definition) is 6. The first-order chi connectivity index (χ1) is 13.9. The van der Waals surface area contributed by atoms with Crippen molar-refractivity contribution >= 4 is 23.3 Å². The highest BCUT2D eigenvalue weighted by molar-refractivity contribution is 5.98. The van der Waals surface area contributed by atoms with E-state index in [0.717, 1.165) is 19.3 Å². The van der Waals surface area contributed by atoms with Gasteiger partial charge in [0.05, 0.1) is 11.3 Å². The highest BCUT2D eigenvalue weighted by atomic mass is 16.6.